The Morgan fingerprint density at radius 3 is 2.53 bits per heavy atom. The van der Waals surface area contributed by atoms with Crippen molar-refractivity contribution in [2.45, 2.75) is 25.7 Å². The first kappa shape index (κ1) is 13.6. The van der Waals surface area contributed by atoms with Crippen molar-refractivity contribution in [1.29, 1.82) is 0 Å². The molecule has 1 aromatic carbocycles. The molecule has 0 aliphatic rings. The predicted octanol–water partition coefficient (Wildman–Crippen LogP) is 2.22. The lowest BCUT2D eigenvalue weighted by atomic mass is 10.1. The van der Waals surface area contributed by atoms with Crippen molar-refractivity contribution in [3.8, 4) is 0 Å². The molecule has 0 fully saturated rings. The molecule has 0 saturated carbocycles. The van der Waals surface area contributed by atoms with E-state index < -0.39 is 11.6 Å². The molecule has 1 heterocycles. The van der Waals surface area contributed by atoms with Crippen LogP contribution in [0.4, 0.5) is 8.78 Å². The van der Waals surface area contributed by atoms with Crippen LogP contribution in [-0.4, -0.2) is 16.7 Å². The van der Waals surface area contributed by atoms with E-state index in [2.05, 4.69) is 10.1 Å². The summed E-state index contributed by atoms with van der Waals surface area (Å²) in [4.78, 5) is 4.17. The summed E-state index contributed by atoms with van der Waals surface area (Å²) in [6, 6.07) is 3.35. The summed E-state index contributed by atoms with van der Waals surface area (Å²) in [5.41, 5.74) is 5.87. The van der Waals surface area contributed by atoms with Crippen LogP contribution in [0.1, 0.15) is 30.1 Å². The van der Waals surface area contributed by atoms with Gasteiger partial charge in [0.05, 0.1) is 0 Å². The van der Waals surface area contributed by atoms with Crippen molar-refractivity contribution >= 4 is 0 Å². The molecule has 0 bridgehead atoms. The van der Waals surface area contributed by atoms with E-state index in [1.165, 1.54) is 12.1 Å². The van der Waals surface area contributed by atoms with Crippen LogP contribution in [0.2, 0.25) is 0 Å². The fourth-order valence-corrected chi connectivity index (χ4v) is 1.78. The molecule has 19 heavy (non-hydrogen) atoms. The van der Waals surface area contributed by atoms with Gasteiger partial charge in [0.25, 0.3) is 0 Å². The molecular formula is C13H15F2N3O. The molecule has 1 aromatic heterocycles. The summed E-state index contributed by atoms with van der Waals surface area (Å²) in [7, 11) is 0. The summed E-state index contributed by atoms with van der Waals surface area (Å²) in [6.07, 6.45) is 2.69. The third-order valence-electron chi connectivity index (χ3n) is 2.64. The Kier molecular flexibility index (Phi) is 4.57. The Hall–Kier alpha value is -1.82. The number of rotatable bonds is 6. The average molecular weight is 267 g/mol. The van der Waals surface area contributed by atoms with Crippen LogP contribution in [0.3, 0.4) is 0 Å². The Bertz CT molecular complexity index is 522. The molecule has 0 spiro atoms. The summed E-state index contributed by atoms with van der Waals surface area (Å²) in [5.74, 6) is -0.267. The summed E-state index contributed by atoms with van der Waals surface area (Å²) in [5, 5.41) is 3.79. The average Bonchev–Trinajstić information content (AvgIpc) is 2.76. The molecule has 2 rings (SSSR count). The molecule has 0 atom stereocenters. The van der Waals surface area contributed by atoms with Crippen LogP contribution in [-0.2, 0) is 12.8 Å². The summed E-state index contributed by atoms with van der Waals surface area (Å²) >= 11 is 0. The summed E-state index contributed by atoms with van der Waals surface area (Å²) < 4.78 is 31.1. The van der Waals surface area contributed by atoms with Crippen molar-refractivity contribution in [3.63, 3.8) is 0 Å². The van der Waals surface area contributed by atoms with Gasteiger partial charge in [-0.1, -0.05) is 5.16 Å². The minimum atomic E-state index is -0.610. The van der Waals surface area contributed by atoms with Gasteiger partial charge in [-0.25, -0.2) is 8.78 Å². The lowest BCUT2D eigenvalue weighted by Gasteiger charge is -1.97. The third kappa shape index (κ3) is 4.10. The van der Waals surface area contributed by atoms with Crippen LogP contribution in [0, 0.1) is 11.6 Å². The molecule has 0 unspecified atom stereocenters. The zero-order chi connectivity index (χ0) is 13.7. The van der Waals surface area contributed by atoms with Gasteiger partial charge in [0.1, 0.15) is 11.6 Å². The highest BCUT2D eigenvalue weighted by Crippen LogP contribution is 2.12. The highest BCUT2D eigenvalue weighted by molar-refractivity contribution is 5.21. The Morgan fingerprint density at radius 1 is 1.11 bits per heavy atom. The van der Waals surface area contributed by atoms with Gasteiger partial charge >= 0.3 is 0 Å². The fraction of sp³-hybridized carbons (Fsp3) is 0.385. The highest BCUT2D eigenvalue weighted by atomic mass is 19.1. The van der Waals surface area contributed by atoms with Crippen molar-refractivity contribution in [1.82, 2.24) is 10.1 Å². The number of hydrogen-bond donors (Lipinski definition) is 1. The monoisotopic (exact) mass is 267 g/mol. The van der Waals surface area contributed by atoms with Gasteiger partial charge < -0.3 is 10.3 Å². The first-order valence-electron chi connectivity index (χ1n) is 6.14. The molecule has 0 aliphatic carbocycles. The minimum absolute atomic E-state index is 0.245. The van der Waals surface area contributed by atoms with E-state index in [0.29, 0.717) is 30.2 Å². The number of benzene rings is 1. The van der Waals surface area contributed by atoms with Gasteiger partial charge in [0.15, 0.2) is 5.82 Å². The summed E-state index contributed by atoms with van der Waals surface area (Å²) in [6.45, 7) is 0.629. The van der Waals surface area contributed by atoms with Gasteiger partial charge in [0, 0.05) is 18.9 Å². The van der Waals surface area contributed by atoms with Gasteiger partial charge in [-0.2, -0.15) is 4.98 Å². The molecule has 4 nitrogen and oxygen atoms in total. The van der Waals surface area contributed by atoms with Crippen LogP contribution in [0.15, 0.2) is 22.7 Å². The highest BCUT2D eigenvalue weighted by Gasteiger charge is 2.08. The van der Waals surface area contributed by atoms with Crippen molar-refractivity contribution in [2.75, 3.05) is 6.54 Å². The molecule has 0 radical (unpaired) electrons. The molecule has 0 saturated heterocycles. The van der Waals surface area contributed by atoms with Crippen molar-refractivity contribution in [2.24, 2.45) is 5.73 Å². The zero-order valence-corrected chi connectivity index (χ0v) is 10.4. The standard InChI is InChI=1S/C13H15F2N3O/c14-10-5-9(6-11(15)8-10)7-12-17-13(19-18-12)3-1-2-4-16/h5-6,8H,1-4,7,16H2. The minimum Gasteiger partial charge on any atom is -0.339 e. The number of halogens is 2. The maximum absolute atomic E-state index is 13.0. The van der Waals surface area contributed by atoms with E-state index in [4.69, 9.17) is 10.3 Å². The van der Waals surface area contributed by atoms with Crippen LogP contribution in [0.25, 0.3) is 0 Å². The topological polar surface area (TPSA) is 64.9 Å². The molecular weight excluding hydrogens is 252 g/mol. The number of aromatic nitrogens is 2. The quantitative estimate of drug-likeness (QED) is 0.815. The Morgan fingerprint density at radius 2 is 1.84 bits per heavy atom. The number of aryl methyl sites for hydroxylation is 1. The van der Waals surface area contributed by atoms with Gasteiger partial charge in [0.2, 0.25) is 5.89 Å². The second kappa shape index (κ2) is 6.38. The van der Waals surface area contributed by atoms with Crippen molar-refractivity contribution < 1.29 is 13.3 Å². The molecule has 2 aromatic rings. The number of nitrogens with zero attached hydrogens (tertiary/aromatic N) is 2. The fourth-order valence-electron chi connectivity index (χ4n) is 1.78. The van der Waals surface area contributed by atoms with E-state index in [1.807, 2.05) is 0 Å². The largest absolute Gasteiger partial charge is 0.339 e. The molecule has 6 heteroatoms. The second-order valence-electron chi connectivity index (χ2n) is 4.30. The zero-order valence-electron chi connectivity index (χ0n) is 10.4. The molecule has 0 amide bonds. The Labute approximate surface area is 109 Å². The van der Waals surface area contributed by atoms with E-state index in [0.717, 1.165) is 18.9 Å². The normalized spacial score (nSPS) is 10.9. The van der Waals surface area contributed by atoms with Gasteiger partial charge in [-0.05, 0) is 37.1 Å². The second-order valence-corrected chi connectivity index (χ2v) is 4.30. The SMILES string of the molecule is NCCCCc1nc(Cc2cc(F)cc(F)c2)no1. The third-order valence-corrected chi connectivity index (χ3v) is 2.64. The van der Waals surface area contributed by atoms with E-state index in [9.17, 15) is 8.78 Å². The van der Waals surface area contributed by atoms with E-state index >= 15 is 0 Å². The van der Waals surface area contributed by atoms with E-state index in [-0.39, 0.29) is 6.42 Å². The van der Waals surface area contributed by atoms with Crippen molar-refractivity contribution in [3.05, 3.63) is 47.1 Å². The smallest absolute Gasteiger partial charge is 0.226 e. The number of unbranched alkanes of at least 4 members (excludes halogenated alkanes) is 1. The number of hydrogen-bond acceptors (Lipinski definition) is 4. The van der Waals surface area contributed by atoms with Crippen LogP contribution < -0.4 is 5.73 Å². The first-order valence-corrected chi connectivity index (χ1v) is 6.14. The molecule has 102 valence electrons. The lowest BCUT2D eigenvalue weighted by molar-refractivity contribution is 0.370. The maximum atomic E-state index is 13.0. The van der Waals surface area contributed by atoms with Gasteiger partial charge in [-0.3, -0.25) is 0 Å². The Balaban J connectivity index is 1.99. The number of nitrogens with two attached hydrogens (primary N) is 1. The van der Waals surface area contributed by atoms with E-state index in [1.54, 1.807) is 0 Å². The predicted molar refractivity (Wildman–Crippen MR) is 65.5 cm³/mol. The molecule has 0 aliphatic heterocycles. The van der Waals surface area contributed by atoms with Gasteiger partial charge in [-0.15, -0.1) is 0 Å². The van der Waals surface area contributed by atoms with Crippen LogP contribution >= 0.6 is 0 Å². The first-order chi connectivity index (χ1) is 9.17. The molecule has 2 N–H and O–H groups in total. The van der Waals surface area contributed by atoms with Crippen LogP contribution in [0.5, 0.6) is 0 Å². The lowest BCUT2D eigenvalue weighted by Crippen LogP contribution is -1.99. The maximum Gasteiger partial charge on any atom is 0.226 e.